The van der Waals surface area contributed by atoms with Crippen LogP contribution in [0.15, 0.2) is 44.9 Å². The average Bonchev–Trinajstić information content (AvgIpc) is 3.20. The maximum atomic E-state index is 11.6. The number of nitrogens with zero attached hydrogens (tertiary/aromatic N) is 3. The van der Waals surface area contributed by atoms with Gasteiger partial charge in [-0.2, -0.15) is 0 Å². The van der Waals surface area contributed by atoms with Crippen LogP contribution in [-0.2, 0) is 11.2 Å². The summed E-state index contributed by atoms with van der Waals surface area (Å²) in [5.74, 6) is -0.844. The summed E-state index contributed by atoms with van der Waals surface area (Å²) in [6.45, 7) is 5.76. The van der Waals surface area contributed by atoms with Gasteiger partial charge in [0.25, 0.3) is 5.22 Å². The molecule has 0 N–H and O–H groups in total. The molecule has 8 heteroatoms. The Labute approximate surface area is 165 Å². The third-order valence-electron chi connectivity index (χ3n) is 3.99. The number of halogens is 1. The number of carbonyl (C=O) groups is 1. The van der Waals surface area contributed by atoms with Gasteiger partial charge >= 0.3 is 0 Å². The Hall–Kier alpha value is -2.51. The second kappa shape index (κ2) is 8.02. The summed E-state index contributed by atoms with van der Waals surface area (Å²) in [5, 5.41) is 20.1. The zero-order valence-corrected chi connectivity index (χ0v) is 16.6. The molecule has 0 amide bonds. The van der Waals surface area contributed by atoms with Crippen molar-refractivity contribution in [3.8, 4) is 5.69 Å². The van der Waals surface area contributed by atoms with Gasteiger partial charge in [0.15, 0.2) is 0 Å². The molecule has 0 atom stereocenters. The van der Waals surface area contributed by atoms with E-state index in [-0.39, 0.29) is 10.1 Å². The molecule has 0 radical (unpaired) electrons. The van der Waals surface area contributed by atoms with Gasteiger partial charge in [-0.25, -0.2) is 0 Å². The van der Waals surface area contributed by atoms with Crippen molar-refractivity contribution in [1.29, 1.82) is 0 Å². The summed E-state index contributed by atoms with van der Waals surface area (Å²) >= 11 is 6.84. The van der Waals surface area contributed by atoms with E-state index < -0.39 is 5.97 Å². The highest BCUT2D eigenvalue weighted by Crippen LogP contribution is 2.30. The molecule has 3 rings (SSSR count). The van der Waals surface area contributed by atoms with Crippen LogP contribution >= 0.6 is 23.4 Å². The molecular weight excluding hydrogens is 386 g/mol. The molecule has 0 aliphatic carbocycles. The maximum Gasteiger partial charge on any atom is 0.281 e. The van der Waals surface area contributed by atoms with Gasteiger partial charge in [0, 0.05) is 33.4 Å². The first-order valence-electron chi connectivity index (χ1n) is 8.27. The van der Waals surface area contributed by atoms with Gasteiger partial charge in [-0.3, -0.25) is 0 Å². The van der Waals surface area contributed by atoms with E-state index in [1.54, 1.807) is 6.08 Å². The Morgan fingerprint density at radius 2 is 2.00 bits per heavy atom. The minimum atomic E-state index is -1.30. The van der Waals surface area contributed by atoms with Crippen LogP contribution in [0.1, 0.15) is 29.8 Å². The van der Waals surface area contributed by atoms with Gasteiger partial charge in [-0.05, 0) is 67.6 Å². The lowest BCUT2D eigenvalue weighted by molar-refractivity contribution is -0.298. The highest BCUT2D eigenvalue weighted by atomic mass is 35.5. The third-order valence-corrected chi connectivity index (χ3v) is 5.09. The van der Waals surface area contributed by atoms with Crippen LogP contribution in [0, 0.1) is 13.8 Å². The molecule has 0 saturated heterocycles. The predicted molar refractivity (Wildman–Crippen MR) is 103 cm³/mol. The lowest BCUT2D eigenvalue weighted by Crippen LogP contribution is -2.23. The van der Waals surface area contributed by atoms with Gasteiger partial charge in [0.05, 0.1) is 5.97 Å². The van der Waals surface area contributed by atoms with Gasteiger partial charge in [0.1, 0.15) is 0 Å². The first kappa shape index (κ1) is 19.3. The van der Waals surface area contributed by atoms with Crippen LogP contribution in [0.2, 0.25) is 5.02 Å². The van der Waals surface area contributed by atoms with Crippen LogP contribution in [0.25, 0.3) is 11.8 Å². The first-order valence-corrected chi connectivity index (χ1v) is 9.46. The van der Waals surface area contributed by atoms with Crippen LogP contribution < -0.4 is 5.11 Å². The molecule has 2 aromatic heterocycles. The van der Waals surface area contributed by atoms with Gasteiger partial charge in [0.2, 0.25) is 5.89 Å². The minimum absolute atomic E-state index is 0.00217. The summed E-state index contributed by atoms with van der Waals surface area (Å²) in [5.41, 5.74) is 3.58. The number of carboxylic acid groups (broad SMARTS) is 1. The number of hydrogen-bond donors (Lipinski definition) is 0. The summed E-state index contributed by atoms with van der Waals surface area (Å²) in [4.78, 5) is 11.6. The first-order chi connectivity index (χ1) is 12.9. The highest BCUT2D eigenvalue weighted by molar-refractivity contribution is 8.03. The smallest absolute Gasteiger partial charge is 0.281 e. The molecule has 0 saturated carbocycles. The van der Waals surface area contributed by atoms with Crippen molar-refractivity contribution in [2.45, 2.75) is 32.4 Å². The standard InChI is InChI=1S/C19H18ClN3O3S/c1-4-17-21-22-19(26-17)27-16(18(24)25)10-13-9-11(2)23(12(13)3)15-7-5-14(20)6-8-15/h5-10H,4H2,1-3H3,(H,24,25)/p-1/b16-10-. The zero-order valence-electron chi connectivity index (χ0n) is 15.0. The molecule has 1 aromatic carbocycles. The number of thioether (sulfide) groups is 1. The molecule has 3 aromatic rings. The Morgan fingerprint density at radius 1 is 1.30 bits per heavy atom. The van der Waals surface area contributed by atoms with Gasteiger partial charge < -0.3 is 18.9 Å². The fourth-order valence-corrected chi connectivity index (χ4v) is 3.51. The van der Waals surface area contributed by atoms with Crippen LogP contribution in [-0.4, -0.2) is 20.7 Å². The molecule has 0 unspecified atom stereocenters. The van der Waals surface area contributed by atoms with Crippen molar-refractivity contribution >= 4 is 35.4 Å². The van der Waals surface area contributed by atoms with Crippen molar-refractivity contribution in [3.05, 3.63) is 63.1 Å². The summed E-state index contributed by atoms with van der Waals surface area (Å²) in [6, 6.07) is 9.37. The number of carbonyl (C=O) groups excluding carboxylic acids is 1. The second-order valence-electron chi connectivity index (χ2n) is 5.85. The Bertz CT molecular complexity index is 1010. The van der Waals surface area contributed by atoms with E-state index in [2.05, 4.69) is 10.2 Å². The Morgan fingerprint density at radius 3 is 2.59 bits per heavy atom. The van der Waals surface area contributed by atoms with Gasteiger partial charge in [-0.1, -0.05) is 18.5 Å². The molecular formula is C19H17ClN3O3S-. The van der Waals surface area contributed by atoms with Crippen LogP contribution in [0.4, 0.5) is 0 Å². The molecule has 0 aliphatic heterocycles. The van der Waals surface area contributed by atoms with Crippen molar-refractivity contribution < 1.29 is 14.3 Å². The monoisotopic (exact) mass is 402 g/mol. The number of aliphatic carboxylic acids is 1. The Kier molecular flexibility index (Phi) is 5.72. The Balaban J connectivity index is 1.97. The van der Waals surface area contributed by atoms with Crippen molar-refractivity contribution in [2.75, 3.05) is 0 Å². The number of rotatable bonds is 6. The number of carboxylic acids is 1. The number of aromatic nitrogens is 3. The van der Waals surface area contributed by atoms with Gasteiger partial charge in [-0.15, -0.1) is 10.2 Å². The number of hydrogen-bond acceptors (Lipinski definition) is 6. The fourth-order valence-electron chi connectivity index (χ4n) is 2.71. The van der Waals surface area contributed by atoms with E-state index in [9.17, 15) is 9.90 Å². The normalized spacial score (nSPS) is 11.8. The second-order valence-corrected chi connectivity index (χ2v) is 7.28. The quantitative estimate of drug-likeness (QED) is 0.463. The molecule has 0 fully saturated rings. The highest BCUT2D eigenvalue weighted by Gasteiger charge is 2.13. The summed E-state index contributed by atoms with van der Waals surface area (Å²) in [7, 11) is 0. The number of benzene rings is 1. The average molecular weight is 403 g/mol. The van der Waals surface area contributed by atoms with Crippen molar-refractivity contribution in [2.24, 2.45) is 0 Å². The maximum absolute atomic E-state index is 11.6. The van der Waals surface area contributed by atoms with Crippen LogP contribution in [0.3, 0.4) is 0 Å². The molecule has 140 valence electrons. The lowest BCUT2D eigenvalue weighted by Gasteiger charge is -2.10. The molecule has 0 spiro atoms. The van der Waals surface area contributed by atoms with E-state index >= 15 is 0 Å². The zero-order chi connectivity index (χ0) is 19.6. The topological polar surface area (TPSA) is 84.0 Å². The minimum Gasteiger partial charge on any atom is -0.544 e. The third kappa shape index (κ3) is 4.26. The van der Waals surface area contributed by atoms with E-state index in [4.69, 9.17) is 16.0 Å². The molecule has 0 aliphatic rings. The summed E-state index contributed by atoms with van der Waals surface area (Å²) in [6.07, 6.45) is 2.14. The van der Waals surface area contributed by atoms with E-state index in [1.807, 2.05) is 55.7 Å². The molecule has 2 heterocycles. The largest absolute Gasteiger partial charge is 0.544 e. The van der Waals surface area contributed by atoms with Crippen molar-refractivity contribution in [3.63, 3.8) is 0 Å². The fraction of sp³-hybridized carbons (Fsp3) is 0.211. The van der Waals surface area contributed by atoms with E-state index in [0.717, 1.165) is 34.4 Å². The lowest BCUT2D eigenvalue weighted by atomic mass is 10.2. The molecule has 0 bridgehead atoms. The van der Waals surface area contributed by atoms with Crippen LogP contribution in [0.5, 0.6) is 0 Å². The predicted octanol–water partition coefficient (Wildman–Crippen LogP) is 3.58. The summed E-state index contributed by atoms with van der Waals surface area (Å²) < 4.78 is 7.41. The van der Waals surface area contributed by atoms with E-state index in [1.165, 1.54) is 0 Å². The molecule has 27 heavy (non-hydrogen) atoms. The van der Waals surface area contributed by atoms with Crippen molar-refractivity contribution in [1.82, 2.24) is 14.8 Å². The van der Waals surface area contributed by atoms with E-state index in [0.29, 0.717) is 17.3 Å². The molecule has 6 nitrogen and oxygen atoms in total. The number of aryl methyl sites for hydroxylation is 2. The SMILES string of the molecule is CCc1nnc(S/C(=C\c2cc(C)n(-c3ccc(Cl)cc3)c2C)C(=O)[O-])o1.